The highest BCUT2D eigenvalue weighted by atomic mass is 16.5. The summed E-state index contributed by atoms with van der Waals surface area (Å²) in [6.45, 7) is 10.7. The summed E-state index contributed by atoms with van der Waals surface area (Å²) in [4.78, 5) is 27.4. The van der Waals surface area contributed by atoms with Crippen molar-refractivity contribution in [3.8, 4) is 0 Å². The zero-order chi connectivity index (χ0) is 21.3. The van der Waals surface area contributed by atoms with Crippen LogP contribution >= 0.6 is 0 Å². The third-order valence-electron chi connectivity index (χ3n) is 5.95. The lowest BCUT2D eigenvalue weighted by Crippen LogP contribution is -2.38. The van der Waals surface area contributed by atoms with Gasteiger partial charge in [-0.05, 0) is 50.9 Å². The van der Waals surface area contributed by atoms with Gasteiger partial charge in [0.2, 0.25) is 5.91 Å². The summed E-state index contributed by atoms with van der Waals surface area (Å²) in [5, 5.41) is 4.77. The number of carbonyl (C=O) groups excluding carboxylic acids is 1. The minimum absolute atomic E-state index is 0.0170. The number of amides is 1. The fraction of sp³-hybridized carbons (Fsp3) is 0.478. The Hall–Kier alpha value is -2.64. The van der Waals surface area contributed by atoms with E-state index in [0.29, 0.717) is 17.7 Å². The summed E-state index contributed by atoms with van der Waals surface area (Å²) in [6, 6.07) is 1.98. The van der Waals surface area contributed by atoms with E-state index in [1.54, 1.807) is 6.26 Å². The number of nitrogens with one attached hydrogen (secondary N) is 1. The average molecular weight is 412 g/mol. The Kier molecular flexibility index (Phi) is 5.92. The number of hydrogen-bond acceptors (Lipinski definition) is 6. The van der Waals surface area contributed by atoms with Gasteiger partial charge in [0, 0.05) is 36.0 Å². The van der Waals surface area contributed by atoms with Crippen molar-refractivity contribution in [3.05, 3.63) is 45.0 Å². The molecule has 2 aromatic heterocycles. The maximum atomic E-state index is 12.6. The molecule has 3 aromatic rings. The van der Waals surface area contributed by atoms with E-state index in [1.165, 1.54) is 0 Å². The van der Waals surface area contributed by atoms with Crippen LogP contribution in [-0.4, -0.2) is 50.2 Å². The molecule has 1 aromatic carbocycles. The first-order valence-electron chi connectivity index (χ1n) is 10.5. The minimum Gasteiger partial charge on any atom is -0.464 e. The van der Waals surface area contributed by atoms with E-state index < -0.39 is 5.63 Å². The van der Waals surface area contributed by atoms with Gasteiger partial charge in [0.1, 0.15) is 11.2 Å². The first kappa shape index (κ1) is 20.6. The normalized spacial score (nSPS) is 15.2. The highest BCUT2D eigenvalue weighted by molar-refractivity contribution is 6.00. The van der Waals surface area contributed by atoms with Crippen LogP contribution in [0.1, 0.15) is 28.7 Å². The lowest BCUT2D eigenvalue weighted by Gasteiger charge is -2.26. The van der Waals surface area contributed by atoms with Crippen molar-refractivity contribution in [2.75, 3.05) is 39.4 Å². The molecule has 1 N–H and O–H groups in total. The number of aryl methyl sites for hydroxylation is 3. The molecule has 160 valence electrons. The number of fused-ring (bicyclic) bond motifs is 2. The van der Waals surface area contributed by atoms with Crippen LogP contribution in [0, 0.1) is 20.8 Å². The number of nitrogens with zero attached hydrogens (tertiary/aromatic N) is 1. The molecule has 1 aliphatic rings. The van der Waals surface area contributed by atoms with Gasteiger partial charge in [-0.2, -0.15) is 0 Å². The summed E-state index contributed by atoms with van der Waals surface area (Å²) in [6.07, 6.45) is 2.59. The molecular formula is C23H28N2O5. The maximum absolute atomic E-state index is 12.6. The Morgan fingerprint density at radius 2 is 1.87 bits per heavy atom. The van der Waals surface area contributed by atoms with Gasteiger partial charge in [0.15, 0.2) is 0 Å². The van der Waals surface area contributed by atoms with Crippen molar-refractivity contribution in [2.45, 2.75) is 33.6 Å². The largest absolute Gasteiger partial charge is 0.464 e. The molecule has 1 fully saturated rings. The molecule has 0 atom stereocenters. The second kappa shape index (κ2) is 8.62. The molecule has 0 saturated carbocycles. The van der Waals surface area contributed by atoms with Gasteiger partial charge in [-0.25, -0.2) is 4.79 Å². The first-order chi connectivity index (χ1) is 14.5. The van der Waals surface area contributed by atoms with Crippen molar-refractivity contribution >= 4 is 27.8 Å². The number of ether oxygens (including phenoxy) is 1. The number of carbonyl (C=O) groups is 1. The van der Waals surface area contributed by atoms with Crippen molar-refractivity contribution in [1.82, 2.24) is 10.2 Å². The van der Waals surface area contributed by atoms with Crippen LogP contribution in [0.2, 0.25) is 0 Å². The smallest absolute Gasteiger partial charge is 0.340 e. The Bertz CT molecular complexity index is 1140. The lowest BCUT2D eigenvalue weighted by molar-refractivity contribution is -0.120. The first-order valence-corrected chi connectivity index (χ1v) is 10.5. The highest BCUT2D eigenvalue weighted by Crippen LogP contribution is 2.32. The van der Waals surface area contributed by atoms with Crippen molar-refractivity contribution in [1.29, 1.82) is 0 Å². The van der Waals surface area contributed by atoms with Gasteiger partial charge in [0.25, 0.3) is 0 Å². The van der Waals surface area contributed by atoms with E-state index in [9.17, 15) is 9.59 Å². The number of hydrogen-bond donors (Lipinski definition) is 1. The molecule has 7 heteroatoms. The molecule has 0 aliphatic carbocycles. The number of benzene rings is 1. The van der Waals surface area contributed by atoms with Crippen LogP contribution in [0.3, 0.4) is 0 Å². The summed E-state index contributed by atoms with van der Waals surface area (Å²) < 4.78 is 16.6. The minimum atomic E-state index is -0.464. The van der Waals surface area contributed by atoms with Gasteiger partial charge >= 0.3 is 5.63 Å². The fourth-order valence-electron chi connectivity index (χ4n) is 4.10. The molecule has 4 rings (SSSR count). The van der Waals surface area contributed by atoms with Crippen molar-refractivity contribution < 1.29 is 18.4 Å². The Morgan fingerprint density at radius 3 is 2.63 bits per heavy atom. The Morgan fingerprint density at radius 1 is 1.10 bits per heavy atom. The molecule has 1 aliphatic heterocycles. The number of morpholine rings is 1. The summed E-state index contributed by atoms with van der Waals surface area (Å²) >= 11 is 0. The topological polar surface area (TPSA) is 84.9 Å². The molecule has 0 radical (unpaired) electrons. The molecule has 0 spiro atoms. The maximum Gasteiger partial charge on any atom is 0.340 e. The van der Waals surface area contributed by atoms with E-state index >= 15 is 0 Å². The van der Waals surface area contributed by atoms with Gasteiger partial charge in [0.05, 0.1) is 31.5 Å². The van der Waals surface area contributed by atoms with Crippen LogP contribution in [0.15, 0.2) is 26.0 Å². The predicted molar refractivity (Wildman–Crippen MR) is 115 cm³/mol. The van der Waals surface area contributed by atoms with Crippen LogP contribution in [0.25, 0.3) is 21.9 Å². The van der Waals surface area contributed by atoms with Crippen LogP contribution in [0.5, 0.6) is 0 Å². The van der Waals surface area contributed by atoms with E-state index in [-0.39, 0.29) is 12.3 Å². The van der Waals surface area contributed by atoms with Crippen LogP contribution in [0.4, 0.5) is 0 Å². The quantitative estimate of drug-likeness (QED) is 0.495. The number of rotatable bonds is 6. The molecule has 30 heavy (non-hydrogen) atoms. The molecule has 3 heterocycles. The molecule has 1 saturated heterocycles. The SMILES string of the molecule is Cc1coc2c(C)c3oc(=O)c(CC(=O)NCCCN4CCOCC4)c(C)c3cc12. The third-order valence-corrected chi connectivity index (χ3v) is 5.95. The zero-order valence-electron chi connectivity index (χ0n) is 17.8. The molecule has 0 bridgehead atoms. The van der Waals surface area contributed by atoms with E-state index in [4.69, 9.17) is 13.6 Å². The fourth-order valence-corrected chi connectivity index (χ4v) is 4.10. The van der Waals surface area contributed by atoms with Crippen LogP contribution < -0.4 is 10.9 Å². The molecule has 7 nitrogen and oxygen atoms in total. The second-order valence-electron chi connectivity index (χ2n) is 8.00. The molecular weight excluding hydrogens is 384 g/mol. The third kappa shape index (κ3) is 4.00. The zero-order valence-corrected chi connectivity index (χ0v) is 17.8. The van der Waals surface area contributed by atoms with Crippen molar-refractivity contribution in [2.24, 2.45) is 0 Å². The van der Waals surface area contributed by atoms with E-state index in [0.717, 1.165) is 72.3 Å². The molecule has 1 amide bonds. The van der Waals surface area contributed by atoms with E-state index in [2.05, 4.69) is 10.2 Å². The van der Waals surface area contributed by atoms with Gasteiger partial charge in [-0.15, -0.1) is 0 Å². The summed E-state index contributed by atoms with van der Waals surface area (Å²) in [5.41, 5.74) is 3.81. The Labute approximate surface area is 175 Å². The summed E-state index contributed by atoms with van der Waals surface area (Å²) in [7, 11) is 0. The predicted octanol–water partition coefficient (Wildman–Crippen LogP) is 2.85. The number of furan rings is 1. The molecule has 0 unspecified atom stereocenters. The van der Waals surface area contributed by atoms with Gasteiger partial charge in [-0.1, -0.05) is 0 Å². The van der Waals surface area contributed by atoms with Crippen molar-refractivity contribution in [3.63, 3.8) is 0 Å². The van der Waals surface area contributed by atoms with E-state index in [1.807, 2.05) is 26.8 Å². The lowest BCUT2D eigenvalue weighted by atomic mass is 9.99. The van der Waals surface area contributed by atoms with Gasteiger partial charge in [-0.3, -0.25) is 9.69 Å². The Balaban J connectivity index is 1.48. The monoisotopic (exact) mass is 412 g/mol. The highest BCUT2D eigenvalue weighted by Gasteiger charge is 2.19. The second-order valence-corrected chi connectivity index (χ2v) is 8.00. The van der Waals surface area contributed by atoms with Gasteiger partial charge < -0.3 is 18.9 Å². The van der Waals surface area contributed by atoms with Crippen LogP contribution in [-0.2, 0) is 16.0 Å². The average Bonchev–Trinajstić information content (AvgIpc) is 3.11. The standard InChI is InChI=1S/C23H28N2O5/c1-14-13-29-21-16(3)22-18(11-17(14)21)15(2)19(23(27)30-22)12-20(26)24-5-4-6-25-7-9-28-10-8-25/h11,13H,4-10,12H2,1-3H3,(H,24,26). The summed E-state index contributed by atoms with van der Waals surface area (Å²) in [5.74, 6) is -0.163.